The van der Waals surface area contributed by atoms with Gasteiger partial charge in [0.1, 0.15) is 12.4 Å². The number of hydrogen-bond acceptors (Lipinski definition) is 5. The average Bonchev–Trinajstić information content (AvgIpc) is 3.24. The molecule has 116 valence electrons. The summed E-state index contributed by atoms with van der Waals surface area (Å²) in [5.74, 6) is 1.02. The molecule has 1 fully saturated rings. The van der Waals surface area contributed by atoms with Crippen LogP contribution in [0, 0.1) is 5.92 Å². The Labute approximate surface area is 133 Å². The molecule has 1 aliphatic rings. The van der Waals surface area contributed by atoms with Crippen LogP contribution in [0.4, 0.5) is 0 Å². The van der Waals surface area contributed by atoms with Gasteiger partial charge in [-0.05, 0) is 24.6 Å². The molecule has 1 aromatic heterocycles. The van der Waals surface area contributed by atoms with Crippen molar-refractivity contribution in [2.24, 2.45) is 5.92 Å². The number of ether oxygens (including phenoxy) is 2. The smallest absolute Gasteiger partial charge is 0.251 e. The fourth-order valence-electron chi connectivity index (χ4n) is 2.28. The largest absolute Gasteiger partial charge is 0.487 e. The molecule has 1 saturated heterocycles. The molecule has 2 aromatic rings. The summed E-state index contributed by atoms with van der Waals surface area (Å²) in [5, 5.41) is 4.90. The van der Waals surface area contributed by atoms with Crippen LogP contribution in [0.3, 0.4) is 0 Å². The van der Waals surface area contributed by atoms with Gasteiger partial charge in [0.25, 0.3) is 5.91 Å². The van der Waals surface area contributed by atoms with Crippen molar-refractivity contribution >= 4 is 17.2 Å². The molecule has 1 amide bonds. The van der Waals surface area contributed by atoms with Gasteiger partial charge in [0, 0.05) is 30.0 Å². The van der Waals surface area contributed by atoms with Crippen LogP contribution in [0.15, 0.2) is 35.2 Å². The Bertz CT molecular complexity index is 610. The fourth-order valence-corrected chi connectivity index (χ4v) is 2.82. The van der Waals surface area contributed by atoms with Crippen LogP contribution in [0.1, 0.15) is 22.5 Å². The van der Waals surface area contributed by atoms with Crippen molar-refractivity contribution in [1.29, 1.82) is 0 Å². The molecule has 2 heterocycles. The van der Waals surface area contributed by atoms with Crippen molar-refractivity contribution in [2.75, 3.05) is 19.8 Å². The summed E-state index contributed by atoms with van der Waals surface area (Å²) in [6, 6.07) is 7.21. The number of benzene rings is 1. The first-order valence-electron chi connectivity index (χ1n) is 7.27. The van der Waals surface area contributed by atoms with Gasteiger partial charge >= 0.3 is 0 Å². The van der Waals surface area contributed by atoms with E-state index in [4.69, 9.17) is 9.47 Å². The number of thiazole rings is 1. The highest BCUT2D eigenvalue weighted by Crippen LogP contribution is 2.16. The first kappa shape index (κ1) is 15.0. The zero-order chi connectivity index (χ0) is 15.2. The highest BCUT2D eigenvalue weighted by atomic mass is 32.1. The topological polar surface area (TPSA) is 60.5 Å². The third kappa shape index (κ3) is 4.05. The van der Waals surface area contributed by atoms with E-state index in [1.54, 1.807) is 17.6 Å². The Hall–Kier alpha value is -1.92. The van der Waals surface area contributed by atoms with Gasteiger partial charge in [-0.1, -0.05) is 6.07 Å². The van der Waals surface area contributed by atoms with Gasteiger partial charge in [-0.15, -0.1) is 11.3 Å². The zero-order valence-electron chi connectivity index (χ0n) is 12.2. The van der Waals surface area contributed by atoms with Gasteiger partial charge < -0.3 is 14.8 Å². The second-order valence-corrected chi connectivity index (χ2v) is 5.95. The molecule has 0 aliphatic carbocycles. The van der Waals surface area contributed by atoms with Crippen molar-refractivity contribution in [3.05, 3.63) is 46.4 Å². The number of carbonyl (C=O) groups excluding carboxylic acids is 1. The molecule has 1 N–H and O–H groups in total. The van der Waals surface area contributed by atoms with Gasteiger partial charge in [-0.25, -0.2) is 4.98 Å². The first-order chi connectivity index (χ1) is 10.8. The Morgan fingerprint density at radius 1 is 1.50 bits per heavy atom. The van der Waals surface area contributed by atoms with Crippen LogP contribution < -0.4 is 10.1 Å². The summed E-state index contributed by atoms with van der Waals surface area (Å²) in [7, 11) is 0. The Balaban J connectivity index is 1.54. The van der Waals surface area contributed by atoms with Crippen molar-refractivity contribution in [3.63, 3.8) is 0 Å². The number of rotatable bonds is 6. The van der Waals surface area contributed by atoms with E-state index in [1.807, 2.05) is 17.5 Å². The van der Waals surface area contributed by atoms with Crippen molar-refractivity contribution in [2.45, 2.75) is 13.0 Å². The molecule has 22 heavy (non-hydrogen) atoms. The van der Waals surface area contributed by atoms with Gasteiger partial charge in [-0.2, -0.15) is 0 Å². The Kier molecular flexibility index (Phi) is 5.03. The highest BCUT2D eigenvalue weighted by Gasteiger charge is 2.16. The van der Waals surface area contributed by atoms with Crippen LogP contribution >= 0.6 is 11.3 Å². The molecule has 1 aliphatic heterocycles. The predicted molar refractivity (Wildman–Crippen MR) is 84.1 cm³/mol. The quantitative estimate of drug-likeness (QED) is 0.889. The maximum absolute atomic E-state index is 12.2. The van der Waals surface area contributed by atoms with Crippen molar-refractivity contribution in [3.8, 4) is 5.75 Å². The summed E-state index contributed by atoms with van der Waals surface area (Å²) in [4.78, 5) is 16.3. The lowest BCUT2D eigenvalue weighted by molar-refractivity contribution is 0.0944. The monoisotopic (exact) mass is 318 g/mol. The van der Waals surface area contributed by atoms with Gasteiger partial charge in [0.05, 0.1) is 17.8 Å². The van der Waals surface area contributed by atoms with E-state index in [9.17, 15) is 4.79 Å². The third-order valence-electron chi connectivity index (χ3n) is 3.54. The highest BCUT2D eigenvalue weighted by molar-refractivity contribution is 7.07. The van der Waals surface area contributed by atoms with Gasteiger partial charge in [-0.3, -0.25) is 4.79 Å². The molecule has 0 bridgehead atoms. The molecule has 0 spiro atoms. The van der Waals surface area contributed by atoms with Crippen molar-refractivity contribution < 1.29 is 14.3 Å². The summed E-state index contributed by atoms with van der Waals surface area (Å²) < 4.78 is 11.0. The van der Waals surface area contributed by atoms with Crippen LogP contribution in [-0.4, -0.2) is 30.6 Å². The SMILES string of the molecule is O=C(NCC1CCOC1)c1cccc(OCc2cscn2)c1. The second kappa shape index (κ2) is 7.38. The van der Waals surface area contributed by atoms with E-state index in [0.717, 1.165) is 25.3 Å². The minimum absolute atomic E-state index is 0.0778. The lowest BCUT2D eigenvalue weighted by Gasteiger charge is -2.10. The summed E-state index contributed by atoms with van der Waals surface area (Å²) in [6.07, 6.45) is 1.01. The number of nitrogens with zero attached hydrogens (tertiary/aromatic N) is 1. The molecule has 1 unspecified atom stereocenters. The molecular weight excluding hydrogens is 300 g/mol. The fraction of sp³-hybridized carbons (Fsp3) is 0.375. The summed E-state index contributed by atoms with van der Waals surface area (Å²) >= 11 is 1.54. The van der Waals surface area contributed by atoms with Crippen LogP contribution in [0.2, 0.25) is 0 Å². The standard InChI is InChI=1S/C16H18N2O3S/c19-16(17-7-12-4-5-20-8-12)13-2-1-3-15(6-13)21-9-14-10-22-11-18-14/h1-3,6,10-12H,4-5,7-9H2,(H,17,19). The summed E-state index contributed by atoms with van der Waals surface area (Å²) in [6.45, 7) is 2.59. The number of nitrogens with one attached hydrogen (secondary N) is 1. The van der Waals surface area contributed by atoms with E-state index in [1.165, 1.54) is 11.3 Å². The minimum atomic E-state index is -0.0778. The molecule has 1 aromatic carbocycles. The minimum Gasteiger partial charge on any atom is -0.487 e. The lowest BCUT2D eigenvalue weighted by atomic mass is 10.1. The van der Waals surface area contributed by atoms with Crippen LogP contribution in [0.5, 0.6) is 5.75 Å². The number of carbonyl (C=O) groups is 1. The first-order valence-corrected chi connectivity index (χ1v) is 8.21. The Morgan fingerprint density at radius 2 is 2.45 bits per heavy atom. The molecule has 5 nitrogen and oxygen atoms in total. The third-order valence-corrected chi connectivity index (χ3v) is 4.18. The van der Waals surface area contributed by atoms with E-state index in [-0.39, 0.29) is 5.91 Å². The molecule has 0 radical (unpaired) electrons. The van der Waals surface area contributed by atoms with Crippen molar-refractivity contribution in [1.82, 2.24) is 10.3 Å². The molecule has 6 heteroatoms. The van der Waals surface area contributed by atoms with Crippen LogP contribution in [-0.2, 0) is 11.3 Å². The number of amides is 1. The van der Waals surface area contributed by atoms with Gasteiger partial charge in [0.15, 0.2) is 0 Å². The predicted octanol–water partition coefficient (Wildman–Crippen LogP) is 2.49. The summed E-state index contributed by atoms with van der Waals surface area (Å²) in [5.41, 5.74) is 3.27. The number of aromatic nitrogens is 1. The normalized spacial score (nSPS) is 17.4. The van der Waals surface area contributed by atoms with E-state index < -0.39 is 0 Å². The zero-order valence-corrected chi connectivity index (χ0v) is 13.0. The molecule has 0 saturated carbocycles. The number of hydrogen-bond donors (Lipinski definition) is 1. The maximum Gasteiger partial charge on any atom is 0.251 e. The molecule has 3 rings (SSSR count). The molecular formula is C16H18N2O3S. The van der Waals surface area contributed by atoms with E-state index in [0.29, 0.717) is 30.4 Å². The average molecular weight is 318 g/mol. The van der Waals surface area contributed by atoms with Crippen LogP contribution in [0.25, 0.3) is 0 Å². The van der Waals surface area contributed by atoms with E-state index >= 15 is 0 Å². The second-order valence-electron chi connectivity index (χ2n) is 5.24. The van der Waals surface area contributed by atoms with E-state index in [2.05, 4.69) is 10.3 Å². The molecule has 1 atom stereocenters. The van der Waals surface area contributed by atoms with Gasteiger partial charge in [0.2, 0.25) is 0 Å². The lowest BCUT2D eigenvalue weighted by Crippen LogP contribution is -2.29. The Morgan fingerprint density at radius 3 is 3.23 bits per heavy atom. The maximum atomic E-state index is 12.2.